The molecular weight excluding hydrogens is 162 g/mol. The normalized spacial score (nSPS) is 12.2. The largest absolute Gasteiger partial charge is 0.234 e. The van der Waals surface area contributed by atoms with Crippen molar-refractivity contribution < 1.29 is 0 Å². The number of aromatic nitrogens is 3. The SMILES string of the molecule is CC(C)c1cnnc(C(C)(C)C)n1. The third kappa shape index (κ3) is 2.47. The molecule has 72 valence electrons. The van der Waals surface area contributed by atoms with Crippen LogP contribution in [-0.2, 0) is 5.41 Å². The molecule has 0 aliphatic heterocycles. The Labute approximate surface area is 79.6 Å². The van der Waals surface area contributed by atoms with Crippen LogP contribution in [-0.4, -0.2) is 15.2 Å². The van der Waals surface area contributed by atoms with E-state index >= 15 is 0 Å². The van der Waals surface area contributed by atoms with Crippen molar-refractivity contribution in [2.75, 3.05) is 0 Å². The topological polar surface area (TPSA) is 38.7 Å². The summed E-state index contributed by atoms with van der Waals surface area (Å²) in [5.74, 6) is 1.23. The van der Waals surface area contributed by atoms with Crippen molar-refractivity contribution in [3.8, 4) is 0 Å². The predicted octanol–water partition coefficient (Wildman–Crippen LogP) is 2.29. The third-order valence-electron chi connectivity index (χ3n) is 1.84. The smallest absolute Gasteiger partial charge is 0.156 e. The van der Waals surface area contributed by atoms with Gasteiger partial charge in [0.05, 0.1) is 11.9 Å². The molecule has 1 rings (SSSR count). The zero-order valence-corrected chi connectivity index (χ0v) is 9.00. The van der Waals surface area contributed by atoms with Crippen LogP contribution in [0.2, 0.25) is 0 Å². The van der Waals surface area contributed by atoms with Gasteiger partial charge in [0.2, 0.25) is 0 Å². The molecule has 0 atom stereocenters. The van der Waals surface area contributed by atoms with Crippen LogP contribution >= 0.6 is 0 Å². The highest BCUT2D eigenvalue weighted by Crippen LogP contribution is 2.18. The minimum Gasteiger partial charge on any atom is -0.234 e. The Morgan fingerprint density at radius 2 is 1.85 bits per heavy atom. The molecule has 0 aliphatic rings. The molecule has 0 unspecified atom stereocenters. The van der Waals surface area contributed by atoms with Gasteiger partial charge < -0.3 is 0 Å². The molecule has 0 saturated heterocycles. The standard InChI is InChI=1S/C10H17N3/c1-7(2)8-6-11-13-9(12-8)10(3,4)5/h6-7H,1-5H3. The molecule has 13 heavy (non-hydrogen) atoms. The van der Waals surface area contributed by atoms with Crippen molar-refractivity contribution in [1.82, 2.24) is 15.2 Å². The van der Waals surface area contributed by atoms with Gasteiger partial charge in [-0.25, -0.2) is 4.98 Å². The van der Waals surface area contributed by atoms with Crippen molar-refractivity contribution in [3.05, 3.63) is 17.7 Å². The zero-order chi connectivity index (χ0) is 10.1. The van der Waals surface area contributed by atoms with E-state index in [0.717, 1.165) is 11.5 Å². The van der Waals surface area contributed by atoms with E-state index in [2.05, 4.69) is 49.8 Å². The maximum absolute atomic E-state index is 4.47. The minimum absolute atomic E-state index is 0.0160. The van der Waals surface area contributed by atoms with Gasteiger partial charge in [-0.15, -0.1) is 5.10 Å². The summed E-state index contributed by atoms with van der Waals surface area (Å²) in [4.78, 5) is 4.47. The number of hydrogen-bond acceptors (Lipinski definition) is 3. The maximum atomic E-state index is 4.47. The van der Waals surface area contributed by atoms with Crippen LogP contribution in [0.15, 0.2) is 6.20 Å². The van der Waals surface area contributed by atoms with Crippen molar-refractivity contribution in [3.63, 3.8) is 0 Å². The molecule has 0 aromatic carbocycles. The summed E-state index contributed by atoms with van der Waals surface area (Å²) in [5.41, 5.74) is 0.998. The summed E-state index contributed by atoms with van der Waals surface area (Å²) in [6.45, 7) is 10.5. The van der Waals surface area contributed by atoms with Crippen LogP contribution in [0.1, 0.15) is 52.1 Å². The summed E-state index contributed by atoms with van der Waals surface area (Å²) in [6, 6.07) is 0. The number of nitrogens with zero attached hydrogens (tertiary/aromatic N) is 3. The fraction of sp³-hybridized carbons (Fsp3) is 0.700. The van der Waals surface area contributed by atoms with Crippen LogP contribution < -0.4 is 0 Å². The van der Waals surface area contributed by atoms with E-state index in [-0.39, 0.29) is 5.41 Å². The lowest BCUT2D eigenvalue weighted by Crippen LogP contribution is -2.18. The quantitative estimate of drug-likeness (QED) is 0.664. The molecule has 0 bridgehead atoms. The molecule has 1 aromatic heterocycles. The molecule has 0 radical (unpaired) electrons. The monoisotopic (exact) mass is 179 g/mol. The zero-order valence-electron chi connectivity index (χ0n) is 9.00. The van der Waals surface area contributed by atoms with E-state index < -0.39 is 0 Å². The second kappa shape index (κ2) is 3.40. The van der Waals surface area contributed by atoms with Crippen molar-refractivity contribution >= 4 is 0 Å². The Hall–Kier alpha value is -0.990. The molecule has 0 spiro atoms. The predicted molar refractivity (Wildman–Crippen MR) is 52.6 cm³/mol. The van der Waals surface area contributed by atoms with E-state index in [1.165, 1.54) is 0 Å². The molecule has 3 nitrogen and oxygen atoms in total. The average molecular weight is 179 g/mol. The highest BCUT2D eigenvalue weighted by Gasteiger charge is 2.18. The van der Waals surface area contributed by atoms with Crippen molar-refractivity contribution in [2.24, 2.45) is 0 Å². The minimum atomic E-state index is -0.0160. The van der Waals surface area contributed by atoms with Crippen LogP contribution in [0.5, 0.6) is 0 Å². The summed E-state index contributed by atoms with van der Waals surface area (Å²) < 4.78 is 0. The summed E-state index contributed by atoms with van der Waals surface area (Å²) >= 11 is 0. The van der Waals surface area contributed by atoms with Gasteiger partial charge in [-0.05, 0) is 5.92 Å². The van der Waals surface area contributed by atoms with Gasteiger partial charge in [-0.2, -0.15) is 5.10 Å². The van der Waals surface area contributed by atoms with E-state index in [9.17, 15) is 0 Å². The average Bonchev–Trinajstić information content (AvgIpc) is 2.03. The Morgan fingerprint density at radius 3 is 2.31 bits per heavy atom. The molecule has 0 saturated carbocycles. The van der Waals surface area contributed by atoms with Crippen LogP contribution in [0.3, 0.4) is 0 Å². The molecular formula is C10H17N3. The molecule has 3 heteroatoms. The summed E-state index contributed by atoms with van der Waals surface area (Å²) in [5, 5.41) is 7.99. The van der Waals surface area contributed by atoms with E-state index in [1.54, 1.807) is 6.20 Å². The van der Waals surface area contributed by atoms with Gasteiger partial charge in [0.1, 0.15) is 0 Å². The Balaban J connectivity index is 3.06. The van der Waals surface area contributed by atoms with Crippen LogP contribution in [0.4, 0.5) is 0 Å². The van der Waals surface area contributed by atoms with Gasteiger partial charge >= 0.3 is 0 Å². The third-order valence-corrected chi connectivity index (χ3v) is 1.84. The fourth-order valence-corrected chi connectivity index (χ4v) is 0.912. The molecule has 0 aliphatic carbocycles. The first kappa shape index (κ1) is 10.1. The van der Waals surface area contributed by atoms with Gasteiger partial charge in [0.15, 0.2) is 5.82 Å². The molecule has 0 N–H and O–H groups in total. The first-order valence-corrected chi connectivity index (χ1v) is 4.61. The van der Waals surface area contributed by atoms with E-state index in [1.807, 2.05) is 0 Å². The first-order valence-electron chi connectivity index (χ1n) is 4.61. The fourth-order valence-electron chi connectivity index (χ4n) is 0.912. The molecule has 1 heterocycles. The van der Waals surface area contributed by atoms with Crippen LogP contribution in [0, 0.1) is 0 Å². The van der Waals surface area contributed by atoms with Gasteiger partial charge in [-0.1, -0.05) is 34.6 Å². The second-order valence-corrected chi connectivity index (χ2v) is 4.61. The van der Waals surface area contributed by atoms with Gasteiger partial charge in [0.25, 0.3) is 0 Å². The number of hydrogen-bond donors (Lipinski definition) is 0. The summed E-state index contributed by atoms with van der Waals surface area (Å²) in [6.07, 6.45) is 1.74. The van der Waals surface area contributed by atoms with Gasteiger partial charge in [-0.3, -0.25) is 0 Å². The molecule has 1 aromatic rings. The highest BCUT2D eigenvalue weighted by atomic mass is 15.1. The Kier molecular flexibility index (Phi) is 2.64. The first-order chi connectivity index (χ1) is 5.91. The van der Waals surface area contributed by atoms with Gasteiger partial charge in [0, 0.05) is 5.41 Å². The maximum Gasteiger partial charge on any atom is 0.156 e. The highest BCUT2D eigenvalue weighted by molar-refractivity contribution is 5.06. The molecule has 0 amide bonds. The van der Waals surface area contributed by atoms with E-state index in [4.69, 9.17) is 0 Å². The Morgan fingerprint density at radius 1 is 1.23 bits per heavy atom. The van der Waals surface area contributed by atoms with E-state index in [0.29, 0.717) is 5.92 Å². The van der Waals surface area contributed by atoms with Crippen LogP contribution in [0.25, 0.3) is 0 Å². The summed E-state index contributed by atoms with van der Waals surface area (Å²) in [7, 11) is 0. The lowest BCUT2D eigenvalue weighted by Gasteiger charge is -2.16. The number of rotatable bonds is 1. The second-order valence-electron chi connectivity index (χ2n) is 4.61. The molecule has 0 fully saturated rings. The Bertz CT molecular complexity index is 286. The lowest BCUT2D eigenvalue weighted by molar-refractivity contribution is 0.525. The van der Waals surface area contributed by atoms with Crippen molar-refractivity contribution in [1.29, 1.82) is 0 Å². The van der Waals surface area contributed by atoms with Crippen molar-refractivity contribution in [2.45, 2.75) is 46.0 Å². The lowest BCUT2D eigenvalue weighted by atomic mass is 9.96.